The van der Waals surface area contributed by atoms with Crippen molar-refractivity contribution in [1.29, 1.82) is 0 Å². The lowest BCUT2D eigenvalue weighted by atomic mass is 9.33. The Kier molecular flexibility index (Phi) is 5.04. The predicted molar refractivity (Wildman–Crippen MR) is 133 cm³/mol. The molecule has 0 amide bonds. The highest BCUT2D eigenvalue weighted by Crippen LogP contribution is 2.75. The molecular formula is C30H46O4. The maximum absolute atomic E-state index is 14.2. The van der Waals surface area contributed by atoms with E-state index in [1.54, 1.807) is 0 Å². The fourth-order valence-corrected chi connectivity index (χ4v) is 10.4. The van der Waals surface area contributed by atoms with E-state index in [-0.39, 0.29) is 50.8 Å². The molecule has 4 heteroatoms. The monoisotopic (exact) mass is 470 g/mol. The number of hydrogen-bond donors (Lipinski definition) is 2. The number of hydrogen-bond acceptors (Lipinski definition) is 3. The van der Waals surface area contributed by atoms with Gasteiger partial charge in [0, 0.05) is 5.92 Å². The Labute approximate surface area is 206 Å². The number of carboxylic acid groups (broad SMARTS) is 1. The van der Waals surface area contributed by atoms with Crippen molar-refractivity contribution in [3.63, 3.8) is 0 Å². The third-order valence-corrected chi connectivity index (χ3v) is 13.1. The van der Waals surface area contributed by atoms with Gasteiger partial charge in [-0.15, -0.1) is 0 Å². The first-order chi connectivity index (χ1) is 15.6. The van der Waals surface area contributed by atoms with E-state index in [0.717, 1.165) is 51.4 Å². The number of fused-ring (bicyclic) bond motifs is 7. The quantitative estimate of drug-likeness (QED) is 0.464. The summed E-state index contributed by atoms with van der Waals surface area (Å²) in [7, 11) is 0. The Bertz CT molecular complexity index is 965. The minimum Gasteiger partial charge on any atom is -0.481 e. The summed E-state index contributed by atoms with van der Waals surface area (Å²) >= 11 is 0. The molecule has 4 fully saturated rings. The lowest BCUT2D eigenvalue weighted by molar-refractivity contribution is -0.202. The SMILES string of the molecule is CC1(C)[C@H]2CC[C@]3(C)[C@H](C(=O)C=C4[C@H]5C[C@](C)(C(=O)O)CC[C@]5(C)CC[C@]43C)[C@@]2(C)CC[C@@H]1O. The minimum absolute atomic E-state index is 0.0296. The van der Waals surface area contributed by atoms with Crippen LogP contribution in [0.15, 0.2) is 11.6 Å². The second-order valence-corrected chi connectivity index (χ2v) is 14.9. The Morgan fingerprint density at radius 3 is 2.21 bits per heavy atom. The number of carbonyl (C=O) groups is 2. The van der Waals surface area contributed by atoms with E-state index < -0.39 is 11.4 Å². The van der Waals surface area contributed by atoms with Crippen LogP contribution in [0.4, 0.5) is 0 Å². The second-order valence-electron chi connectivity index (χ2n) is 14.9. The van der Waals surface area contributed by atoms with Gasteiger partial charge < -0.3 is 10.2 Å². The molecule has 4 nitrogen and oxygen atoms in total. The Balaban J connectivity index is 1.62. The third-order valence-electron chi connectivity index (χ3n) is 13.1. The number of ketones is 1. The summed E-state index contributed by atoms with van der Waals surface area (Å²) in [4.78, 5) is 26.4. The molecule has 0 saturated heterocycles. The van der Waals surface area contributed by atoms with E-state index >= 15 is 0 Å². The third kappa shape index (κ3) is 2.81. The Morgan fingerprint density at radius 1 is 0.912 bits per heavy atom. The molecule has 5 aliphatic rings. The lowest BCUT2D eigenvalue weighted by Crippen LogP contribution is -2.66. The minimum atomic E-state index is -0.711. The summed E-state index contributed by atoms with van der Waals surface area (Å²) in [5.41, 5.74) is 0.142. The van der Waals surface area contributed by atoms with Crippen molar-refractivity contribution in [3.8, 4) is 0 Å². The lowest BCUT2D eigenvalue weighted by Gasteiger charge is -2.70. The molecule has 0 aromatic carbocycles. The molecule has 9 atom stereocenters. The first-order valence-corrected chi connectivity index (χ1v) is 13.7. The van der Waals surface area contributed by atoms with Crippen molar-refractivity contribution in [2.45, 2.75) is 112 Å². The van der Waals surface area contributed by atoms with Gasteiger partial charge in [0.05, 0.1) is 11.5 Å². The van der Waals surface area contributed by atoms with E-state index in [9.17, 15) is 19.8 Å². The predicted octanol–water partition coefficient (Wildman–Crippen LogP) is 6.41. The molecule has 0 aromatic heterocycles. The highest BCUT2D eigenvalue weighted by atomic mass is 16.4. The average Bonchev–Trinajstić information content (AvgIpc) is 2.73. The van der Waals surface area contributed by atoms with Gasteiger partial charge in [-0.1, -0.05) is 47.1 Å². The zero-order chi connectivity index (χ0) is 25.1. The van der Waals surface area contributed by atoms with Crippen LogP contribution >= 0.6 is 0 Å². The molecular weight excluding hydrogens is 424 g/mol. The molecule has 0 aliphatic heterocycles. The first kappa shape index (κ1) is 24.5. The van der Waals surface area contributed by atoms with Crippen molar-refractivity contribution in [2.75, 3.05) is 0 Å². The van der Waals surface area contributed by atoms with Crippen molar-refractivity contribution in [2.24, 2.45) is 50.2 Å². The number of rotatable bonds is 1. The molecule has 5 aliphatic carbocycles. The van der Waals surface area contributed by atoms with E-state index in [1.165, 1.54) is 5.57 Å². The summed E-state index contributed by atoms with van der Waals surface area (Å²) in [6.45, 7) is 15.8. The standard InChI is InChI=1S/C30H46O4/c1-25(2)21-8-11-30(7)23(28(21,5)10-9-22(25)32)20(31)16-18-19-17-27(4,24(33)34)13-12-26(19,3)14-15-29(18,30)6/h16,19,21-23,32H,8-15,17H2,1-7H3,(H,33,34)/t19-,21-,22+,23-,26-,27-,28+,29-,30-/m1/s1. The molecule has 5 rings (SSSR count). The smallest absolute Gasteiger partial charge is 0.309 e. The van der Waals surface area contributed by atoms with Crippen LogP contribution in [-0.2, 0) is 9.59 Å². The molecule has 0 heterocycles. The number of carbonyl (C=O) groups excluding carboxylic acids is 1. The average molecular weight is 471 g/mol. The largest absolute Gasteiger partial charge is 0.481 e. The number of aliphatic hydroxyl groups excluding tert-OH is 1. The van der Waals surface area contributed by atoms with Crippen LogP contribution in [0.25, 0.3) is 0 Å². The zero-order valence-corrected chi connectivity index (χ0v) is 22.5. The molecule has 2 N–H and O–H groups in total. The van der Waals surface area contributed by atoms with Crippen LogP contribution < -0.4 is 0 Å². The Hall–Kier alpha value is -1.16. The molecule has 0 aromatic rings. The molecule has 0 radical (unpaired) electrons. The van der Waals surface area contributed by atoms with E-state index in [2.05, 4.69) is 41.5 Å². The van der Waals surface area contributed by atoms with E-state index in [0.29, 0.717) is 12.3 Å². The van der Waals surface area contributed by atoms with Crippen LogP contribution in [-0.4, -0.2) is 28.1 Å². The normalized spacial score (nSPS) is 54.1. The van der Waals surface area contributed by atoms with Gasteiger partial charge in [-0.2, -0.15) is 0 Å². The van der Waals surface area contributed by atoms with Gasteiger partial charge in [-0.05, 0) is 110 Å². The van der Waals surface area contributed by atoms with Crippen molar-refractivity contribution in [1.82, 2.24) is 0 Å². The summed E-state index contributed by atoms with van der Waals surface area (Å²) in [6, 6.07) is 0. The van der Waals surface area contributed by atoms with Crippen LogP contribution in [0.3, 0.4) is 0 Å². The maximum atomic E-state index is 14.2. The van der Waals surface area contributed by atoms with Crippen LogP contribution in [0.2, 0.25) is 0 Å². The summed E-state index contributed by atoms with van der Waals surface area (Å²) in [5.74, 6) is 0.0603. The fourth-order valence-electron chi connectivity index (χ4n) is 10.4. The van der Waals surface area contributed by atoms with E-state index in [1.807, 2.05) is 13.0 Å². The number of aliphatic hydroxyl groups is 1. The van der Waals surface area contributed by atoms with Crippen molar-refractivity contribution in [3.05, 3.63) is 11.6 Å². The van der Waals surface area contributed by atoms with Gasteiger partial charge in [0.15, 0.2) is 5.78 Å². The van der Waals surface area contributed by atoms with Crippen molar-refractivity contribution >= 4 is 11.8 Å². The van der Waals surface area contributed by atoms with Gasteiger partial charge in [-0.3, -0.25) is 9.59 Å². The summed E-state index contributed by atoms with van der Waals surface area (Å²) in [6.07, 6.45) is 9.95. The van der Waals surface area contributed by atoms with Crippen LogP contribution in [0, 0.1) is 50.2 Å². The zero-order valence-electron chi connectivity index (χ0n) is 22.5. The topological polar surface area (TPSA) is 74.6 Å². The van der Waals surface area contributed by atoms with Gasteiger partial charge >= 0.3 is 5.97 Å². The summed E-state index contributed by atoms with van der Waals surface area (Å²) in [5, 5.41) is 20.9. The van der Waals surface area contributed by atoms with Gasteiger partial charge in [0.2, 0.25) is 0 Å². The number of aliphatic carboxylic acids is 1. The highest BCUT2D eigenvalue weighted by molar-refractivity contribution is 5.95. The molecule has 0 unspecified atom stereocenters. The van der Waals surface area contributed by atoms with E-state index in [4.69, 9.17) is 0 Å². The fraction of sp³-hybridized carbons (Fsp3) is 0.867. The second kappa shape index (κ2) is 6.99. The highest BCUT2D eigenvalue weighted by Gasteiger charge is 2.70. The number of allylic oxidation sites excluding steroid dienone is 2. The Morgan fingerprint density at radius 2 is 1.56 bits per heavy atom. The molecule has 0 spiro atoms. The van der Waals surface area contributed by atoms with Gasteiger partial charge in [0.1, 0.15) is 0 Å². The molecule has 190 valence electrons. The molecule has 34 heavy (non-hydrogen) atoms. The van der Waals surface area contributed by atoms with Crippen LogP contribution in [0.1, 0.15) is 106 Å². The van der Waals surface area contributed by atoms with Crippen LogP contribution in [0.5, 0.6) is 0 Å². The first-order valence-electron chi connectivity index (χ1n) is 13.7. The number of carboxylic acids is 1. The van der Waals surface area contributed by atoms with Gasteiger partial charge in [-0.25, -0.2) is 0 Å². The van der Waals surface area contributed by atoms with Gasteiger partial charge in [0.25, 0.3) is 0 Å². The maximum Gasteiger partial charge on any atom is 0.309 e. The summed E-state index contributed by atoms with van der Waals surface area (Å²) < 4.78 is 0. The molecule has 0 bridgehead atoms. The molecule has 4 saturated carbocycles. The van der Waals surface area contributed by atoms with Crippen molar-refractivity contribution < 1.29 is 19.8 Å².